The number of aliphatic hydroxyl groups excluding tert-OH is 4. The van der Waals surface area contributed by atoms with Crippen LogP contribution < -0.4 is 8.85 Å². The molecule has 3 rings (SSSR count). The molecule has 0 radical (unpaired) electrons. The van der Waals surface area contributed by atoms with E-state index in [4.69, 9.17) is 18.3 Å². The maximum Gasteiger partial charge on any atom is 0.250 e. The average Bonchev–Trinajstić information content (AvgIpc) is 3.06. The second-order valence-electron chi connectivity index (χ2n) is 12.9. The Kier molecular flexibility index (Phi) is 7.42. The molecule has 4 N–H and O–H groups in total. The molecule has 2 aliphatic heterocycles. The largest absolute Gasteiger partial charge is 0.543 e. The van der Waals surface area contributed by atoms with Gasteiger partial charge in [0, 0.05) is 6.07 Å². The smallest absolute Gasteiger partial charge is 0.250 e. The molecule has 35 heavy (non-hydrogen) atoms. The third kappa shape index (κ3) is 4.96. The Labute approximate surface area is 211 Å². The van der Waals surface area contributed by atoms with Crippen molar-refractivity contribution in [2.75, 3.05) is 6.61 Å². The minimum Gasteiger partial charge on any atom is -0.543 e. The second kappa shape index (κ2) is 9.09. The van der Waals surface area contributed by atoms with Crippen molar-refractivity contribution in [3.63, 3.8) is 0 Å². The van der Waals surface area contributed by atoms with E-state index in [1.54, 1.807) is 0 Å². The van der Waals surface area contributed by atoms with Crippen LogP contribution in [0.4, 0.5) is 0 Å². The molecule has 200 valence electrons. The number of aliphatic hydroxyl groups is 4. The van der Waals surface area contributed by atoms with Crippen LogP contribution in [0.2, 0.25) is 36.3 Å². The van der Waals surface area contributed by atoms with Crippen LogP contribution in [0.5, 0.6) is 11.5 Å². The van der Waals surface area contributed by atoms with Crippen molar-refractivity contribution >= 4 is 16.6 Å². The van der Waals surface area contributed by atoms with Crippen LogP contribution in [-0.2, 0) is 21.9 Å². The number of hydrogen-bond acceptors (Lipinski definition) is 8. The summed E-state index contributed by atoms with van der Waals surface area (Å²) in [4.78, 5) is 0. The molecule has 1 aromatic rings. The number of fused-ring (bicyclic) bond motifs is 2. The minimum atomic E-state index is -2.36. The van der Waals surface area contributed by atoms with E-state index >= 15 is 0 Å². The van der Waals surface area contributed by atoms with Gasteiger partial charge in [0.25, 0.3) is 0 Å². The Hall–Kier alpha value is -0.986. The predicted octanol–water partition coefficient (Wildman–Crippen LogP) is 3.61. The van der Waals surface area contributed by atoms with E-state index in [1.807, 2.05) is 12.1 Å². The van der Waals surface area contributed by atoms with Crippen LogP contribution in [0.3, 0.4) is 0 Å². The third-order valence-electron chi connectivity index (χ3n) is 8.25. The van der Waals surface area contributed by atoms with Crippen molar-refractivity contribution in [2.45, 2.75) is 115 Å². The van der Waals surface area contributed by atoms with Gasteiger partial charge in [0.1, 0.15) is 35.9 Å². The van der Waals surface area contributed by atoms with E-state index in [0.29, 0.717) is 22.6 Å². The van der Waals surface area contributed by atoms with E-state index in [2.05, 4.69) is 67.7 Å². The summed E-state index contributed by atoms with van der Waals surface area (Å²) >= 11 is 0. The van der Waals surface area contributed by atoms with Crippen LogP contribution >= 0.6 is 0 Å². The van der Waals surface area contributed by atoms with Gasteiger partial charge in [0.2, 0.25) is 22.4 Å². The lowest BCUT2D eigenvalue weighted by molar-refractivity contribution is -0.368. The predicted molar refractivity (Wildman–Crippen MR) is 139 cm³/mol. The fourth-order valence-electron chi connectivity index (χ4n) is 3.89. The van der Waals surface area contributed by atoms with Crippen molar-refractivity contribution in [2.24, 2.45) is 0 Å². The van der Waals surface area contributed by atoms with Gasteiger partial charge in [-0.3, -0.25) is 0 Å². The van der Waals surface area contributed by atoms with Gasteiger partial charge in [-0.1, -0.05) is 41.5 Å². The lowest BCUT2D eigenvalue weighted by atomic mass is 9.87. The van der Waals surface area contributed by atoms with E-state index in [-0.39, 0.29) is 16.7 Å². The molecule has 0 amide bonds. The van der Waals surface area contributed by atoms with Crippen molar-refractivity contribution in [3.8, 4) is 11.5 Å². The molecule has 1 saturated heterocycles. The number of benzene rings is 1. The standard InChI is InChI=1S/C25H44O8Si2/c1-23(2,3)34(7,8)32-16-11-15-14-30-25(22(29)21(28)20(27)18(13-26)31-25)19(15)17(12-16)33-35(9,10)24(4,5)6/h11-12,18,20-22,26-29H,13-14H2,1-10H3/t18-,20-,21+,22-,25+/m1/s1. The fraction of sp³-hybridized carbons (Fsp3) is 0.760. The summed E-state index contributed by atoms with van der Waals surface area (Å²) in [5.74, 6) is -0.650. The van der Waals surface area contributed by atoms with Gasteiger partial charge < -0.3 is 38.8 Å². The monoisotopic (exact) mass is 528 g/mol. The summed E-state index contributed by atoms with van der Waals surface area (Å²) in [6.07, 6.45) is -5.76. The quantitative estimate of drug-likeness (QED) is 0.428. The summed E-state index contributed by atoms with van der Waals surface area (Å²) in [7, 11) is -4.53. The molecule has 1 fully saturated rings. The minimum absolute atomic E-state index is 0.0124. The molecule has 1 aromatic carbocycles. The molecule has 5 atom stereocenters. The van der Waals surface area contributed by atoms with Crippen LogP contribution in [0.1, 0.15) is 52.7 Å². The Balaban J connectivity index is 2.19. The van der Waals surface area contributed by atoms with Crippen LogP contribution in [-0.4, -0.2) is 68.1 Å². The van der Waals surface area contributed by atoms with Crippen LogP contribution in [0.25, 0.3) is 0 Å². The van der Waals surface area contributed by atoms with Gasteiger partial charge in [0.15, 0.2) is 0 Å². The highest BCUT2D eigenvalue weighted by Crippen LogP contribution is 2.52. The highest BCUT2D eigenvalue weighted by Gasteiger charge is 2.60. The highest BCUT2D eigenvalue weighted by atomic mass is 28.4. The Bertz CT molecular complexity index is 935. The molecule has 0 aliphatic carbocycles. The SMILES string of the molecule is CC(C)(C)[Si](C)(C)Oc1cc2c(c(O[Si](C)(C)C(C)(C)C)c1)[C@]1(OC2)O[C@H](CO)[C@@H](O)[C@H](O)[C@H]1O. The molecule has 2 heterocycles. The number of rotatable bonds is 5. The van der Waals surface area contributed by atoms with Gasteiger partial charge >= 0.3 is 0 Å². The van der Waals surface area contributed by atoms with Gasteiger partial charge in [0.05, 0.1) is 18.8 Å². The molecular weight excluding hydrogens is 484 g/mol. The topological polar surface area (TPSA) is 118 Å². The van der Waals surface area contributed by atoms with Crippen molar-refractivity contribution in [1.82, 2.24) is 0 Å². The van der Waals surface area contributed by atoms with Gasteiger partial charge in [-0.2, -0.15) is 0 Å². The first-order chi connectivity index (χ1) is 15.8. The van der Waals surface area contributed by atoms with Gasteiger partial charge in [-0.25, -0.2) is 0 Å². The molecule has 8 nitrogen and oxygen atoms in total. The van der Waals surface area contributed by atoms with Crippen LogP contribution in [0.15, 0.2) is 12.1 Å². The first-order valence-electron chi connectivity index (χ1n) is 12.3. The molecule has 0 bridgehead atoms. The molecule has 0 aromatic heterocycles. The Morgan fingerprint density at radius 2 is 1.46 bits per heavy atom. The van der Waals surface area contributed by atoms with Crippen LogP contribution in [0, 0.1) is 0 Å². The zero-order valence-corrected chi connectivity index (χ0v) is 24.8. The second-order valence-corrected chi connectivity index (χ2v) is 22.4. The number of ether oxygens (including phenoxy) is 2. The van der Waals surface area contributed by atoms with Gasteiger partial charge in [-0.15, -0.1) is 0 Å². The maximum atomic E-state index is 11.1. The molecule has 0 unspecified atom stereocenters. The highest BCUT2D eigenvalue weighted by molar-refractivity contribution is 6.75. The number of hydrogen-bond donors (Lipinski definition) is 4. The fourth-order valence-corrected chi connectivity index (χ4v) is 5.92. The normalized spacial score (nSPS) is 29.9. The summed E-state index contributed by atoms with van der Waals surface area (Å²) in [6.45, 7) is 21.1. The lowest BCUT2D eigenvalue weighted by Crippen LogP contribution is -2.63. The van der Waals surface area contributed by atoms with E-state index in [1.165, 1.54) is 0 Å². The van der Waals surface area contributed by atoms with Gasteiger partial charge in [-0.05, 0) is 47.9 Å². The summed E-state index contributed by atoms with van der Waals surface area (Å²) < 4.78 is 25.4. The van der Waals surface area contributed by atoms with E-state index in [9.17, 15) is 20.4 Å². The van der Waals surface area contributed by atoms with Crippen molar-refractivity contribution in [1.29, 1.82) is 0 Å². The first kappa shape index (κ1) is 28.6. The molecule has 10 heteroatoms. The van der Waals surface area contributed by atoms with Crippen molar-refractivity contribution < 1.29 is 38.8 Å². The third-order valence-corrected chi connectivity index (χ3v) is 16.9. The molecule has 2 aliphatic rings. The maximum absolute atomic E-state index is 11.1. The Morgan fingerprint density at radius 3 is 1.97 bits per heavy atom. The van der Waals surface area contributed by atoms with E-state index in [0.717, 1.165) is 0 Å². The Morgan fingerprint density at radius 1 is 0.914 bits per heavy atom. The zero-order valence-electron chi connectivity index (χ0n) is 22.8. The summed E-state index contributed by atoms with van der Waals surface area (Å²) in [6, 6.07) is 3.71. The average molecular weight is 529 g/mol. The lowest BCUT2D eigenvalue weighted by Gasteiger charge is -2.47. The zero-order chi connectivity index (χ0) is 26.8. The molecule has 0 saturated carbocycles. The summed E-state index contributed by atoms with van der Waals surface area (Å²) in [5, 5.41) is 41.7. The molecular formula is C25H44O8Si2. The van der Waals surface area contributed by atoms with Crippen molar-refractivity contribution in [3.05, 3.63) is 23.3 Å². The summed E-state index contributed by atoms with van der Waals surface area (Å²) in [5.41, 5.74) is 1.19. The van der Waals surface area contributed by atoms with E-state index < -0.39 is 53.4 Å². The first-order valence-corrected chi connectivity index (χ1v) is 18.1. The molecule has 1 spiro atoms.